The summed E-state index contributed by atoms with van der Waals surface area (Å²) in [5.74, 6) is 0. The van der Waals surface area contributed by atoms with Gasteiger partial charge in [-0.05, 0) is 50.9 Å². The van der Waals surface area contributed by atoms with Crippen LogP contribution in [0, 0.1) is 0 Å². The number of morpholine rings is 1. The zero-order valence-corrected chi connectivity index (χ0v) is 13.9. The first kappa shape index (κ1) is 16.3. The molecule has 0 radical (unpaired) electrons. The van der Waals surface area contributed by atoms with Gasteiger partial charge in [-0.2, -0.15) is 0 Å². The third-order valence-electron chi connectivity index (χ3n) is 4.36. The fraction of sp³-hybridized carbons (Fsp3) is 0.667. The third-order valence-corrected chi connectivity index (χ3v) is 4.36. The lowest BCUT2D eigenvalue weighted by atomic mass is 10.1. The molecule has 21 heavy (non-hydrogen) atoms. The summed E-state index contributed by atoms with van der Waals surface area (Å²) in [7, 11) is 0. The maximum absolute atomic E-state index is 5.79. The molecule has 1 saturated heterocycles. The Morgan fingerprint density at radius 3 is 2.62 bits per heavy atom. The van der Waals surface area contributed by atoms with Crippen molar-refractivity contribution in [3.05, 3.63) is 29.8 Å². The molecule has 1 fully saturated rings. The van der Waals surface area contributed by atoms with Crippen LogP contribution in [0.5, 0.6) is 0 Å². The van der Waals surface area contributed by atoms with E-state index in [1.54, 1.807) is 0 Å². The van der Waals surface area contributed by atoms with Crippen LogP contribution in [0.1, 0.15) is 52.1 Å². The number of benzene rings is 1. The van der Waals surface area contributed by atoms with E-state index in [9.17, 15) is 0 Å². The summed E-state index contributed by atoms with van der Waals surface area (Å²) in [6.45, 7) is 11.7. The molecule has 0 spiro atoms. The van der Waals surface area contributed by atoms with Gasteiger partial charge < -0.3 is 15.0 Å². The van der Waals surface area contributed by atoms with Gasteiger partial charge in [-0.3, -0.25) is 0 Å². The fourth-order valence-corrected chi connectivity index (χ4v) is 2.93. The summed E-state index contributed by atoms with van der Waals surface area (Å²) in [5.41, 5.74) is 2.69. The molecule has 0 aromatic heterocycles. The Bertz CT molecular complexity index is 418. The standard InChI is InChI=1S/C18H30N2O/c1-5-11-19-15(4)16-7-9-18(10-8-16)20-12-14(3)21-13-17(20)6-2/h7-10,14-15,17,19H,5-6,11-13H2,1-4H3. The highest BCUT2D eigenvalue weighted by Crippen LogP contribution is 2.25. The van der Waals surface area contributed by atoms with Crippen molar-refractivity contribution >= 4 is 5.69 Å². The van der Waals surface area contributed by atoms with Crippen LogP contribution < -0.4 is 10.2 Å². The second-order valence-electron chi connectivity index (χ2n) is 6.13. The van der Waals surface area contributed by atoms with E-state index >= 15 is 0 Å². The summed E-state index contributed by atoms with van der Waals surface area (Å²) in [6, 6.07) is 9.97. The van der Waals surface area contributed by atoms with E-state index < -0.39 is 0 Å². The minimum Gasteiger partial charge on any atom is -0.375 e. The minimum atomic E-state index is 0.317. The predicted octanol–water partition coefficient (Wildman–Crippen LogP) is 3.75. The van der Waals surface area contributed by atoms with Crippen LogP contribution in [0.3, 0.4) is 0 Å². The molecule has 1 aromatic rings. The maximum Gasteiger partial charge on any atom is 0.0723 e. The summed E-state index contributed by atoms with van der Waals surface area (Å²) in [6.07, 6.45) is 2.62. The summed E-state index contributed by atoms with van der Waals surface area (Å²) < 4.78 is 5.79. The second kappa shape index (κ2) is 7.81. The summed E-state index contributed by atoms with van der Waals surface area (Å²) in [5, 5.41) is 3.54. The quantitative estimate of drug-likeness (QED) is 0.863. The van der Waals surface area contributed by atoms with Gasteiger partial charge in [-0.25, -0.2) is 0 Å². The Kier molecular flexibility index (Phi) is 6.07. The van der Waals surface area contributed by atoms with Crippen molar-refractivity contribution in [2.75, 3.05) is 24.6 Å². The molecule has 0 bridgehead atoms. The molecule has 1 aromatic carbocycles. The minimum absolute atomic E-state index is 0.317. The van der Waals surface area contributed by atoms with Gasteiger partial charge in [0.2, 0.25) is 0 Å². The number of nitrogens with zero attached hydrogens (tertiary/aromatic N) is 1. The molecule has 3 unspecified atom stereocenters. The zero-order chi connectivity index (χ0) is 15.2. The van der Waals surface area contributed by atoms with E-state index in [1.165, 1.54) is 17.7 Å². The van der Waals surface area contributed by atoms with Crippen molar-refractivity contribution in [3.63, 3.8) is 0 Å². The van der Waals surface area contributed by atoms with Crippen molar-refractivity contribution in [1.82, 2.24) is 5.32 Å². The van der Waals surface area contributed by atoms with Crippen molar-refractivity contribution in [3.8, 4) is 0 Å². The molecule has 1 aliphatic rings. The Hall–Kier alpha value is -1.06. The van der Waals surface area contributed by atoms with Crippen LogP contribution in [0.25, 0.3) is 0 Å². The van der Waals surface area contributed by atoms with Crippen molar-refractivity contribution < 1.29 is 4.74 Å². The molecule has 0 aliphatic carbocycles. The van der Waals surface area contributed by atoms with Crippen LogP contribution in [0.4, 0.5) is 5.69 Å². The Morgan fingerprint density at radius 1 is 1.29 bits per heavy atom. The highest BCUT2D eigenvalue weighted by atomic mass is 16.5. The Balaban J connectivity index is 2.06. The first-order chi connectivity index (χ1) is 10.2. The molecule has 2 rings (SSSR count). The largest absolute Gasteiger partial charge is 0.375 e. The zero-order valence-electron chi connectivity index (χ0n) is 13.9. The van der Waals surface area contributed by atoms with Crippen LogP contribution in [0.15, 0.2) is 24.3 Å². The number of anilines is 1. The third kappa shape index (κ3) is 4.21. The van der Waals surface area contributed by atoms with Crippen LogP contribution >= 0.6 is 0 Å². The lowest BCUT2D eigenvalue weighted by Gasteiger charge is -2.40. The van der Waals surface area contributed by atoms with E-state index in [-0.39, 0.29) is 0 Å². The highest BCUT2D eigenvalue weighted by Gasteiger charge is 2.25. The second-order valence-corrected chi connectivity index (χ2v) is 6.13. The van der Waals surface area contributed by atoms with Gasteiger partial charge in [0.15, 0.2) is 0 Å². The molecule has 118 valence electrons. The lowest BCUT2D eigenvalue weighted by Crippen LogP contribution is -2.48. The molecule has 3 heteroatoms. The highest BCUT2D eigenvalue weighted by molar-refractivity contribution is 5.49. The first-order valence-corrected chi connectivity index (χ1v) is 8.37. The number of rotatable bonds is 6. The van der Waals surface area contributed by atoms with E-state index in [0.717, 1.165) is 26.1 Å². The normalized spacial score (nSPS) is 24.1. The van der Waals surface area contributed by atoms with Gasteiger partial charge >= 0.3 is 0 Å². The summed E-state index contributed by atoms with van der Waals surface area (Å²) in [4.78, 5) is 2.50. The van der Waals surface area contributed by atoms with E-state index in [1.807, 2.05) is 0 Å². The van der Waals surface area contributed by atoms with E-state index in [2.05, 4.69) is 62.2 Å². The first-order valence-electron chi connectivity index (χ1n) is 8.37. The van der Waals surface area contributed by atoms with Crippen LogP contribution in [-0.2, 0) is 4.74 Å². The van der Waals surface area contributed by atoms with Gasteiger partial charge in [-0.15, -0.1) is 0 Å². The summed E-state index contributed by atoms with van der Waals surface area (Å²) >= 11 is 0. The van der Waals surface area contributed by atoms with E-state index in [4.69, 9.17) is 4.74 Å². The molecular weight excluding hydrogens is 260 g/mol. The average molecular weight is 290 g/mol. The lowest BCUT2D eigenvalue weighted by molar-refractivity contribution is 0.0299. The topological polar surface area (TPSA) is 24.5 Å². The van der Waals surface area contributed by atoms with Gasteiger partial charge in [0.25, 0.3) is 0 Å². The van der Waals surface area contributed by atoms with Gasteiger partial charge in [0.05, 0.1) is 18.8 Å². The Labute approximate surface area is 129 Å². The van der Waals surface area contributed by atoms with Crippen LogP contribution in [-0.4, -0.2) is 31.8 Å². The SMILES string of the molecule is CCCNC(C)c1ccc(N2CC(C)OCC2CC)cc1. The molecule has 1 heterocycles. The average Bonchev–Trinajstić information content (AvgIpc) is 2.52. The fourth-order valence-electron chi connectivity index (χ4n) is 2.93. The van der Waals surface area contributed by atoms with E-state index in [0.29, 0.717) is 18.2 Å². The van der Waals surface area contributed by atoms with Crippen molar-refractivity contribution in [2.45, 2.75) is 58.7 Å². The molecule has 1 aliphatic heterocycles. The van der Waals surface area contributed by atoms with Gasteiger partial charge in [-0.1, -0.05) is 26.0 Å². The Morgan fingerprint density at radius 2 is 2.00 bits per heavy atom. The van der Waals surface area contributed by atoms with Crippen LogP contribution in [0.2, 0.25) is 0 Å². The van der Waals surface area contributed by atoms with Crippen molar-refractivity contribution in [2.24, 2.45) is 0 Å². The molecule has 3 nitrogen and oxygen atoms in total. The number of nitrogens with one attached hydrogen (secondary N) is 1. The number of ether oxygens (including phenoxy) is 1. The molecule has 0 saturated carbocycles. The smallest absolute Gasteiger partial charge is 0.0723 e. The van der Waals surface area contributed by atoms with Gasteiger partial charge in [0, 0.05) is 18.3 Å². The van der Waals surface area contributed by atoms with Gasteiger partial charge in [0.1, 0.15) is 0 Å². The molecule has 0 amide bonds. The molecule has 1 N–H and O–H groups in total. The predicted molar refractivity (Wildman–Crippen MR) is 90.0 cm³/mol. The maximum atomic E-state index is 5.79. The van der Waals surface area contributed by atoms with Crippen molar-refractivity contribution in [1.29, 1.82) is 0 Å². The number of hydrogen-bond donors (Lipinski definition) is 1. The monoisotopic (exact) mass is 290 g/mol. The molecule has 3 atom stereocenters. The molecular formula is C18H30N2O. The number of hydrogen-bond acceptors (Lipinski definition) is 3.